The van der Waals surface area contributed by atoms with Crippen molar-refractivity contribution in [2.75, 3.05) is 0 Å². The number of nitriles is 1. The summed E-state index contributed by atoms with van der Waals surface area (Å²) >= 11 is 2.21. The third-order valence-electron chi connectivity index (χ3n) is 2.31. The van der Waals surface area contributed by atoms with Crippen molar-refractivity contribution in [3.8, 4) is 17.6 Å². The molecule has 0 saturated heterocycles. The number of rotatable bonds is 2. The fourth-order valence-electron chi connectivity index (χ4n) is 1.47. The molecule has 0 N–H and O–H groups in total. The van der Waals surface area contributed by atoms with E-state index in [4.69, 9.17) is 10.00 Å². The number of halogens is 1. The van der Waals surface area contributed by atoms with Gasteiger partial charge in [0.15, 0.2) is 0 Å². The maximum absolute atomic E-state index is 9.06. The van der Waals surface area contributed by atoms with Crippen molar-refractivity contribution in [1.82, 2.24) is 0 Å². The molecule has 3 heteroatoms. The van der Waals surface area contributed by atoms with Crippen LogP contribution in [0.25, 0.3) is 0 Å². The van der Waals surface area contributed by atoms with E-state index in [9.17, 15) is 0 Å². The molecule has 2 rings (SSSR count). The average Bonchev–Trinajstić information content (AvgIpc) is 2.34. The third-order valence-corrected chi connectivity index (χ3v) is 3.20. The van der Waals surface area contributed by atoms with Gasteiger partial charge in [-0.15, -0.1) is 0 Å². The zero-order valence-corrected chi connectivity index (χ0v) is 11.4. The minimum Gasteiger partial charge on any atom is -0.455 e. The van der Waals surface area contributed by atoms with Gasteiger partial charge in [-0.3, -0.25) is 0 Å². The van der Waals surface area contributed by atoms with Crippen LogP contribution in [-0.2, 0) is 0 Å². The highest BCUT2D eigenvalue weighted by molar-refractivity contribution is 14.1. The number of hydrogen-bond donors (Lipinski definition) is 0. The highest BCUT2D eigenvalue weighted by Crippen LogP contribution is 2.29. The Morgan fingerprint density at radius 3 is 2.59 bits per heavy atom. The van der Waals surface area contributed by atoms with Crippen molar-refractivity contribution in [3.63, 3.8) is 0 Å². The van der Waals surface area contributed by atoms with Gasteiger partial charge in [0.05, 0.1) is 9.13 Å². The van der Waals surface area contributed by atoms with Crippen molar-refractivity contribution in [2.24, 2.45) is 0 Å². The van der Waals surface area contributed by atoms with E-state index >= 15 is 0 Å². The summed E-state index contributed by atoms with van der Waals surface area (Å²) in [5, 5.41) is 9.06. The van der Waals surface area contributed by atoms with E-state index in [2.05, 4.69) is 28.7 Å². The Morgan fingerprint density at radius 2 is 1.88 bits per heavy atom. The summed E-state index contributed by atoms with van der Waals surface area (Å²) in [4.78, 5) is 0. The normalized spacial score (nSPS) is 9.71. The first kappa shape index (κ1) is 11.9. The van der Waals surface area contributed by atoms with E-state index in [0.717, 1.165) is 14.9 Å². The summed E-state index contributed by atoms with van der Waals surface area (Å²) in [6.45, 7) is 1.96. The molecule has 0 atom stereocenters. The van der Waals surface area contributed by atoms with Crippen LogP contribution in [0, 0.1) is 21.8 Å². The van der Waals surface area contributed by atoms with Gasteiger partial charge in [0.2, 0.25) is 0 Å². The van der Waals surface area contributed by atoms with Gasteiger partial charge < -0.3 is 4.74 Å². The second kappa shape index (κ2) is 5.19. The van der Waals surface area contributed by atoms with Crippen molar-refractivity contribution in [1.29, 1.82) is 5.26 Å². The Labute approximate surface area is 114 Å². The van der Waals surface area contributed by atoms with Crippen molar-refractivity contribution in [2.45, 2.75) is 6.92 Å². The summed E-state index contributed by atoms with van der Waals surface area (Å²) < 4.78 is 6.78. The molecule has 17 heavy (non-hydrogen) atoms. The molecule has 0 aromatic heterocycles. The van der Waals surface area contributed by atoms with Crippen LogP contribution < -0.4 is 4.74 Å². The molecule has 2 nitrogen and oxygen atoms in total. The molecule has 84 valence electrons. The lowest BCUT2D eigenvalue weighted by molar-refractivity contribution is 0.477. The number of hydrogen-bond acceptors (Lipinski definition) is 2. The molecule has 0 aliphatic heterocycles. The molecule has 2 aromatic rings. The Morgan fingerprint density at radius 1 is 1.12 bits per heavy atom. The predicted molar refractivity (Wildman–Crippen MR) is 75.1 cm³/mol. The molecule has 0 aliphatic rings. The van der Waals surface area contributed by atoms with Gasteiger partial charge in [0.25, 0.3) is 0 Å². The van der Waals surface area contributed by atoms with Gasteiger partial charge in [-0.05, 0) is 59.3 Å². The van der Waals surface area contributed by atoms with E-state index in [1.54, 1.807) is 0 Å². The number of ether oxygens (including phenoxy) is 1. The first-order chi connectivity index (χ1) is 8.20. The zero-order valence-electron chi connectivity index (χ0n) is 9.27. The van der Waals surface area contributed by atoms with Crippen LogP contribution in [0.4, 0.5) is 0 Å². The fraction of sp³-hybridized carbons (Fsp3) is 0.0714. The maximum atomic E-state index is 9.06. The van der Waals surface area contributed by atoms with E-state index in [1.165, 1.54) is 0 Å². The van der Waals surface area contributed by atoms with Gasteiger partial charge in [-0.2, -0.15) is 5.26 Å². The highest BCUT2D eigenvalue weighted by Gasteiger charge is 2.06. The van der Waals surface area contributed by atoms with Gasteiger partial charge in [0, 0.05) is 0 Å². The maximum Gasteiger partial charge on any atom is 0.145 e. The van der Waals surface area contributed by atoms with Gasteiger partial charge >= 0.3 is 0 Å². The van der Waals surface area contributed by atoms with Crippen LogP contribution >= 0.6 is 22.6 Å². The topological polar surface area (TPSA) is 33.0 Å². The molecular formula is C14H10INO. The molecule has 0 saturated carbocycles. The number of para-hydroxylation sites is 1. The molecule has 0 radical (unpaired) electrons. The van der Waals surface area contributed by atoms with Crippen LogP contribution in [0.2, 0.25) is 0 Å². The van der Waals surface area contributed by atoms with Gasteiger partial charge in [-0.25, -0.2) is 0 Å². The van der Waals surface area contributed by atoms with Crippen LogP contribution in [-0.4, -0.2) is 0 Å². The first-order valence-corrected chi connectivity index (χ1v) is 6.21. The Kier molecular flexibility index (Phi) is 3.64. The third kappa shape index (κ3) is 2.77. The van der Waals surface area contributed by atoms with E-state index in [0.29, 0.717) is 11.3 Å². The summed E-state index contributed by atoms with van der Waals surface area (Å²) in [5.41, 5.74) is 1.61. The second-order valence-corrected chi connectivity index (χ2v) is 4.81. The summed E-state index contributed by atoms with van der Waals surface area (Å²) in [7, 11) is 0. The number of nitrogens with zero attached hydrogens (tertiary/aromatic N) is 1. The Bertz CT molecular complexity index is 587. The van der Waals surface area contributed by atoms with Crippen LogP contribution in [0.5, 0.6) is 11.5 Å². The lowest BCUT2D eigenvalue weighted by Gasteiger charge is -2.09. The van der Waals surface area contributed by atoms with Crippen molar-refractivity contribution < 1.29 is 4.74 Å². The molecule has 0 amide bonds. The van der Waals surface area contributed by atoms with E-state index < -0.39 is 0 Å². The molecule has 0 unspecified atom stereocenters. The number of aryl methyl sites for hydroxylation is 1. The molecule has 2 aromatic carbocycles. The lowest BCUT2D eigenvalue weighted by atomic mass is 10.1. The molecule has 0 heterocycles. The van der Waals surface area contributed by atoms with Crippen molar-refractivity contribution in [3.05, 3.63) is 57.2 Å². The van der Waals surface area contributed by atoms with Crippen LogP contribution in [0.15, 0.2) is 42.5 Å². The van der Waals surface area contributed by atoms with Gasteiger partial charge in [0.1, 0.15) is 17.6 Å². The van der Waals surface area contributed by atoms with E-state index in [1.807, 2.05) is 49.4 Å². The molecule has 0 bridgehead atoms. The lowest BCUT2D eigenvalue weighted by Crippen LogP contribution is -1.90. The van der Waals surface area contributed by atoms with Gasteiger partial charge in [-0.1, -0.05) is 18.2 Å². The SMILES string of the molecule is Cc1ccc(Oc2ccccc2I)c(C#N)c1. The smallest absolute Gasteiger partial charge is 0.145 e. The molecule has 0 fully saturated rings. The second-order valence-electron chi connectivity index (χ2n) is 3.64. The van der Waals surface area contributed by atoms with E-state index in [-0.39, 0.29) is 0 Å². The summed E-state index contributed by atoms with van der Waals surface area (Å²) in [5.74, 6) is 1.37. The minimum absolute atomic E-state index is 0.560. The largest absolute Gasteiger partial charge is 0.455 e. The van der Waals surface area contributed by atoms with Crippen LogP contribution in [0.1, 0.15) is 11.1 Å². The first-order valence-electron chi connectivity index (χ1n) is 5.14. The standard InChI is InChI=1S/C14H10INO/c1-10-6-7-13(11(8-10)9-16)17-14-5-3-2-4-12(14)15/h2-8H,1H3. The zero-order chi connectivity index (χ0) is 12.3. The fourth-order valence-corrected chi connectivity index (χ4v) is 1.96. The molecular weight excluding hydrogens is 325 g/mol. The van der Waals surface area contributed by atoms with Crippen molar-refractivity contribution >= 4 is 22.6 Å². The Balaban J connectivity index is 2.37. The number of benzene rings is 2. The monoisotopic (exact) mass is 335 g/mol. The molecule has 0 spiro atoms. The quantitative estimate of drug-likeness (QED) is 0.768. The highest BCUT2D eigenvalue weighted by atomic mass is 127. The predicted octanol–water partition coefficient (Wildman–Crippen LogP) is 4.26. The van der Waals surface area contributed by atoms with Crippen LogP contribution in [0.3, 0.4) is 0 Å². The average molecular weight is 335 g/mol. The molecule has 0 aliphatic carbocycles. The Hall–Kier alpha value is -1.54. The summed E-state index contributed by atoms with van der Waals surface area (Å²) in [6.07, 6.45) is 0. The minimum atomic E-state index is 0.560. The summed E-state index contributed by atoms with van der Waals surface area (Å²) in [6, 6.07) is 15.5.